The van der Waals surface area contributed by atoms with Crippen LogP contribution in [0.1, 0.15) is 63.8 Å². The largest absolute Gasteiger partial charge is 0.454 e. The van der Waals surface area contributed by atoms with Gasteiger partial charge in [-0.1, -0.05) is 32.0 Å². The molecule has 0 aliphatic rings. The van der Waals surface area contributed by atoms with Crippen LogP contribution in [0.15, 0.2) is 42.5 Å². The fraction of sp³-hybridized carbons (Fsp3) is 0.385. The number of Topliss-reactive ketones (excluding diaryl/α,β-unsaturated/α-hetero) is 1. The normalized spacial score (nSPS) is 11.2. The van der Waals surface area contributed by atoms with Gasteiger partial charge in [-0.15, -0.1) is 0 Å². The van der Waals surface area contributed by atoms with Crippen molar-refractivity contribution in [2.45, 2.75) is 54.5 Å². The Bertz CT molecular complexity index is 1090. The van der Waals surface area contributed by atoms with E-state index >= 15 is 0 Å². The zero-order chi connectivity index (χ0) is 22.7. The van der Waals surface area contributed by atoms with Gasteiger partial charge in [0, 0.05) is 40.6 Å². The van der Waals surface area contributed by atoms with Crippen LogP contribution in [0.5, 0.6) is 0 Å². The summed E-state index contributed by atoms with van der Waals surface area (Å²) < 4.78 is 9.60. The summed E-state index contributed by atoms with van der Waals surface area (Å²) in [5, 5.41) is 0. The Morgan fingerprint density at radius 2 is 1.55 bits per heavy atom. The van der Waals surface area contributed by atoms with Crippen LogP contribution >= 0.6 is 0 Å². The maximum absolute atomic E-state index is 12.8. The minimum atomic E-state index is -0.475. The van der Waals surface area contributed by atoms with Crippen molar-refractivity contribution in [3.63, 3.8) is 0 Å². The third-order valence-electron chi connectivity index (χ3n) is 5.80. The topological polar surface area (TPSA) is 53.2 Å². The number of hydrogen-bond donors (Lipinski definition) is 0. The van der Waals surface area contributed by atoms with Crippen LogP contribution in [-0.4, -0.2) is 27.5 Å². The quantitative estimate of drug-likeness (QED) is 0.352. The Hall–Kier alpha value is -3.08. The molecule has 0 atom stereocenters. The highest BCUT2D eigenvalue weighted by atomic mass is 16.5. The number of aromatic nitrogens is 2. The molecule has 0 N–H and O–H groups in total. The highest BCUT2D eigenvalue weighted by Crippen LogP contribution is 2.22. The molecule has 1 aromatic carbocycles. The molecule has 5 heteroatoms. The van der Waals surface area contributed by atoms with E-state index in [1.165, 1.54) is 0 Å². The van der Waals surface area contributed by atoms with E-state index in [4.69, 9.17) is 4.74 Å². The maximum atomic E-state index is 12.8. The number of carbonyl (C=O) groups excluding carboxylic acids is 2. The first-order valence-corrected chi connectivity index (χ1v) is 10.8. The zero-order valence-corrected chi connectivity index (χ0v) is 19.4. The van der Waals surface area contributed by atoms with Crippen molar-refractivity contribution >= 4 is 11.8 Å². The summed E-state index contributed by atoms with van der Waals surface area (Å²) in [5.41, 5.74) is 5.83. The minimum Gasteiger partial charge on any atom is -0.454 e. The number of hydrogen-bond acceptors (Lipinski definition) is 3. The van der Waals surface area contributed by atoms with Crippen LogP contribution in [0.3, 0.4) is 0 Å². The number of carbonyl (C=O) groups is 2. The van der Waals surface area contributed by atoms with Crippen molar-refractivity contribution in [1.29, 1.82) is 0 Å². The highest BCUT2D eigenvalue weighted by Gasteiger charge is 2.21. The Kier molecular flexibility index (Phi) is 6.84. The van der Waals surface area contributed by atoms with Gasteiger partial charge in [0.15, 0.2) is 6.61 Å². The van der Waals surface area contributed by atoms with Crippen LogP contribution in [0.2, 0.25) is 0 Å². The second-order valence-corrected chi connectivity index (χ2v) is 8.57. The Labute approximate surface area is 184 Å². The lowest BCUT2D eigenvalue weighted by Gasteiger charge is -2.11. The number of ketones is 1. The summed E-state index contributed by atoms with van der Waals surface area (Å²) in [7, 11) is 0. The molecular formula is C26H32N2O3. The summed E-state index contributed by atoms with van der Waals surface area (Å²) in [4.78, 5) is 25.5. The summed E-state index contributed by atoms with van der Waals surface area (Å²) >= 11 is 0. The van der Waals surface area contributed by atoms with Gasteiger partial charge in [-0.25, -0.2) is 4.79 Å². The molecule has 2 aromatic heterocycles. The second-order valence-electron chi connectivity index (χ2n) is 8.57. The van der Waals surface area contributed by atoms with E-state index in [2.05, 4.69) is 18.4 Å². The van der Waals surface area contributed by atoms with Gasteiger partial charge in [-0.3, -0.25) is 4.79 Å². The minimum absolute atomic E-state index is 0.172. The van der Waals surface area contributed by atoms with Gasteiger partial charge in [0.05, 0.1) is 5.56 Å². The number of benzene rings is 1. The van der Waals surface area contributed by atoms with Crippen LogP contribution < -0.4 is 0 Å². The number of esters is 1. The van der Waals surface area contributed by atoms with Gasteiger partial charge < -0.3 is 13.9 Å². The molecule has 3 aromatic rings. The average Bonchev–Trinajstić information content (AvgIpc) is 3.19. The maximum Gasteiger partial charge on any atom is 0.340 e. The van der Waals surface area contributed by atoms with E-state index in [0.717, 1.165) is 41.4 Å². The fourth-order valence-electron chi connectivity index (χ4n) is 4.05. The summed E-state index contributed by atoms with van der Waals surface area (Å²) in [5.74, 6) is -0.0532. The number of ether oxygens (including phenoxy) is 1. The smallest absolute Gasteiger partial charge is 0.340 e. The third-order valence-corrected chi connectivity index (χ3v) is 5.80. The monoisotopic (exact) mass is 420 g/mol. The molecule has 0 amide bonds. The summed E-state index contributed by atoms with van der Waals surface area (Å²) in [6, 6.07) is 13.6. The molecule has 164 valence electrons. The SMILES string of the molecule is Cc1cc(C(=O)COC(=O)c2cc(C)n(-c3ccccc3)c2C)c(C)n1CCC(C)C. The molecule has 0 radical (unpaired) electrons. The van der Waals surface area contributed by atoms with Gasteiger partial charge in [-0.05, 0) is 64.3 Å². The van der Waals surface area contributed by atoms with Gasteiger partial charge in [-0.2, -0.15) is 0 Å². The van der Waals surface area contributed by atoms with Gasteiger partial charge in [0.1, 0.15) is 0 Å². The predicted octanol–water partition coefficient (Wildman–Crippen LogP) is 5.60. The number of aryl methyl sites for hydroxylation is 2. The van der Waals surface area contributed by atoms with E-state index in [0.29, 0.717) is 17.0 Å². The first-order valence-electron chi connectivity index (χ1n) is 10.8. The Morgan fingerprint density at radius 1 is 0.903 bits per heavy atom. The van der Waals surface area contributed by atoms with Crippen molar-refractivity contribution < 1.29 is 14.3 Å². The molecule has 0 aliphatic carbocycles. The molecule has 0 saturated carbocycles. The number of rotatable bonds is 8. The standard InChI is InChI=1S/C26H32N2O3/c1-17(2)12-13-27-18(3)14-23(20(27)5)25(29)16-31-26(30)24-15-19(4)28(21(24)6)22-10-8-7-9-11-22/h7-11,14-15,17H,12-13,16H2,1-6H3. The lowest BCUT2D eigenvalue weighted by atomic mass is 10.1. The van der Waals surface area contributed by atoms with Gasteiger partial charge >= 0.3 is 5.97 Å². The lowest BCUT2D eigenvalue weighted by molar-refractivity contribution is 0.0474. The molecule has 5 nitrogen and oxygen atoms in total. The van der Waals surface area contributed by atoms with E-state index in [9.17, 15) is 9.59 Å². The Morgan fingerprint density at radius 3 is 2.19 bits per heavy atom. The van der Waals surface area contributed by atoms with Crippen LogP contribution in [0, 0.1) is 33.6 Å². The number of para-hydroxylation sites is 1. The van der Waals surface area contributed by atoms with Crippen molar-refractivity contribution in [2.24, 2.45) is 5.92 Å². The lowest BCUT2D eigenvalue weighted by Crippen LogP contribution is -2.16. The van der Waals surface area contributed by atoms with Crippen LogP contribution in [-0.2, 0) is 11.3 Å². The number of nitrogens with zero attached hydrogens (tertiary/aromatic N) is 2. The van der Waals surface area contributed by atoms with E-state index in [-0.39, 0.29) is 12.4 Å². The molecule has 31 heavy (non-hydrogen) atoms. The molecule has 0 spiro atoms. The van der Waals surface area contributed by atoms with Gasteiger partial charge in [0.2, 0.25) is 5.78 Å². The van der Waals surface area contributed by atoms with Crippen LogP contribution in [0.4, 0.5) is 0 Å². The molecule has 0 aliphatic heterocycles. The molecule has 2 heterocycles. The molecule has 0 fully saturated rings. The van der Waals surface area contributed by atoms with Crippen molar-refractivity contribution in [3.8, 4) is 5.69 Å². The first-order chi connectivity index (χ1) is 14.7. The molecule has 0 saturated heterocycles. The van der Waals surface area contributed by atoms with E-state index in [1.807, 2.05) is 74.7 Å². The molecule has 3 rings (SSSR count). The molecule has 0 unspecified atom stereocenters. The predicted molar refractivity (Wildman–Crippen MR) is 123 cm³/mol. The average molecular weight is 421 g/mol. The Balaban J connectivity index is 1.72. The second kappa shape index (κ2) is 9.38. The van der Waals surface area contributed by atoms with Crippen molar-refractivity contribution in [1.82, 2.24) is 9.13 Å². The van der Waals surface area contributed by atoms with Crippen molar-refractivity contribution in [3.05, 3.63) is 76.4 Å². The van der Waals surface area contributed by atoms with E-state index < -0.39 is 5.97 Å². The van der Waals surface area contributed by atoms with Crippen molar-refractivity contribution in [2.75, 3.05) is 6.61 Å². The highest BCUT2D eigenvalue weighted by molar-refractivity contribution is 6.00. The third kappa shape index (κ3) is 4.82. The summed E-state index contributed by atoms with van der Waals surface area (Å²) in [6.07, 6.45) is 1.05. The van der Waals surface area contributed by atoms with E-state index in [1.54, 1.807) is 0 Å². The zero-order valence-electron chi connectivity index (χ0n) is 19.4. The molecular weight excluding hydrogens is 388 g/mol. The fourth-order valence-corrected chi connectivity index (χ4v) is 4.05. The van der Waals surface area contributed by atoms with Gasteiger partial charge in [0.25, 0.3) is 0 Å². The summed E-state index contributed by atoms with van der Waals surface area (Å²) in [6.45, 7) is 12.8. The van der Waals surface area contributed by atoms with Crippen LogP contribution in [0.25, 0.3) is 5.69 Å². The molecule has 0 bridgehead atoms. The first kappa shape index (κ1) is 22.6.